The molecule has 0 saturated carbocycles. The summed E-state index contributed by atoms with van der Waals surface area (Å²) in [6.07, 6.45) is 1.15. The van der Waals surface area contributed by atoms with Gasteiger partial charge in [0.2, 0.25) is 0 Å². The van der Waals surface area contributed by atoms with Gasteiger partial charge in [0.25, 0.3) is 0 Å². The first kappa shape index (κ1) is 11.1. The van der Waals surface area contributed by atoms with Crippen LogP contribution in [-0.2, 0) is 0 Å². The van der Waals surface area contributed by atoms with Crippen molar-refractivity contribution in [3.05, 3.63) is 47.9 Å². The lowest BCUT2D eigenvalue weighted by Crippen LogP contribution is -1.97. The fourth-order valence-electron chi connectivity index (χ4n) is 1.39. The summed E-state index contributed by atoms with van der Waals surface area (Å²) in [5.41, 5.74) is 0.568. The molecule has 0 fully saturated rings. The number of carboxylic acid groups (broad SMARTS) is 1. The van der Waals surface area contributed by atoms with Crippen LogP contribution in [0.25, 0.3) is 11.3 Å². The van der Waals surface area contributed by atoms with E-state index in [1.165, 1.54) is 18.2 Å². The van der Waals surface area contributed by atoms with Crippen LogP contribution in [0.3, 0.4) is 0 Å². The molecular weight excluding hydrogens is 225 g/mol. The van der Waals surface area contributed by atoms with Gasteiger partial charge in [-0.15, -0.1) is 0 Å². The highest BCUT2D eigenvalue weighted by Gasteiger charge is 2.08. The number of phenolic OH excluding ortho intramolecular Hbond substituents is 1. The molecule has 1 heterocycles. The molecule has 0 spiro atoms. The Morgan fingerprint density at radius 3 is 2.59 bits per heavy atom. The Bertz CT molecular complexity index is 566. The average molecular weight is 233 g/mol. The molecule has 17 heavy (non-hydrogen) atoms. The normalized spacial score (nSPS) is 10.2. The first-order valence-electron chi connectivity index (χ1n) is 4.76. The molecule has 0 radical (unpaired) electrons. The number of nitrogens with zero attached hydrogens (tertiary/aromatic N) is 1. The third-order valence-corrected chi connectivity index (χ3v) is 2.24. The van der Waals surface area contributed by atoms with Crippen LogP contribution >= 0.6 is 0 Å². The molecule has 0 aliphatic carbocycles. The predicted octanol–water partition coefficient (Wildman–Crippen LogP) is 2.29. The maximum atomic E-state index is 13.0. The van der Waals surface area contributed by atoms with Gasteiger partial charge in [-0.2, -0.15) is 0 Å². The van der Waals surface area contributed by atoms with E-state index in [0.717, 1.165) is 18.3 Å². The van der Waals surface area contributed by atoms with E-state index in [1.807, 2.05) is 0 Å². The zero-order valence-electron chi connectivity index (χ0n) is 8.59. The number of aromatic carboxylic acids is 1. The molecule has 2 aromatic rings. The van der Waals surface area contributed by atoms with Crippen molar-refractivity contribution >= 4 is 5.97 Å². The predicted molar refractivity (Wildman–Crippen MR) is 58.3 cm³/mol. The van der Waals surface area contributed by atoms with Crippen molar-refractivity contribution < 1.29 is 19.4 Å². The number of benzene rings is 1. The number of carboxylic acids is 1. The summed E-state index contributed by atoms with van der Waals surface area (Å²) >= 11 is 0. The molecule has 2 N–H and O–H groups in total. The number of pyridine rings is 1. The zero-order chi connectivity index (χ0) is 12.4. The SMILES string of the molecule is O=C(O)c1ccc(-c2cc(F)ccc2O)nc1. The monoisotopic (exact) mass is 233 g/mol. The van der Waals surface area contributed by atoms with Crippen LogP contribution in [0.4, 0.5) is 4.39 Å². The van der Waals surface area contributed by atoms with E-state index in [4.69, 9.17) is 5.11 Å². The van der Waals surface area contributed by atoms with Crippen LogP contribution in [0.1, 0.15) is 10.4 Å². The highest BCUT2D eigenvalue weighted by atomic mass is 19.1. The lowest BCUT2D eigenvalue weighted by atomic mass is 10.1. The van der Waals surface area contributed by atoms with E-state index in [9.17, 15) is 14.3 Å². The van der Waals surface area contributed by atoms with Crippen molar-refractivity contribution in [1.82, 2.24) is 4.98 Å². The molecule has 1 aromatic heterocycles. The molecule has 0 aliphatic rings. The summed E-state index contributed by atoms with van der Waals surface area (Å²) in [5, 5.41) is 18.2. The Kier molecular flexibility index (Phi) is 2.74. The van der Waals surface area contributed by atoms with Crippen molar-refractivity contribution in [2.75, 3.05) is 0 Å². The Hall–Kier alpha value is -2.43. The van der Waals surface area contributed by atoms with Crippen LogP contribution in [-0.4, -0.2) is 21.2 Å². The number of hydrogen-bond donors (Lipinski definition) is 2. The lowest BCUT2D eigenvalue weighted by molar-refractivity contribution is 0.0696. The van der Waals surface area contributed by atoms with Crippen molar-refractivity contribution in [1.29, 1.82) is 0 Å². The number of rotatable bonds is 2. The Labute approximate surface area is 96.0 Å². The smallest absolute Gasteiger partial charge is 0.337 e. The largest absolute Gasteiger partial charge is 0.507 e. The molecule has 1 aromatic carbocycles. The minimum atomic E-state index is -1.09. The van der Waals surface area contributed by atoms with E-state index in [2.05, 4.69) is 4.98 Å². The van der Waals surface area contributed by atoms with Gasteiger partial charge in [0, 0.05) is 11.8 Å². The van der Waals surface area contributed by atoms with E-state index in [0.29, 0.717) is 5.69 Å². The van der Waals surface area contributed by atoms with Crippen LogP contribution in [0.5, 0.6) is 5.75 Å². The van der Waals surface area contributed by atoms with Crippen LogP contribution in [0, 0.1) is 5.82 Å². The van der Waals surface area contributed by atoms with Gasteiger partial charge in [-0.3, -0.25) is 4.98 Å². The second-order valence-electron chi connectivity index (χ2n) is 3.40. The number of aromatic hydroxyl groups is 1. The highest BCUT2D eigenvalue weighted by molar-refractivity contribution is 5.87. The number of halogens is 1. The van der Waals surface area contributed by atoms with Gasteiger partial charge in [-0.25, -0.2) is 9.18 Å². The minimum absolute atomic E-state index is 0.0321. The Balaban J connectivity index is 2.46. The second kappa shape index (κ2) is 4.21. The fourth-order valence-corrected chi connectivity index (χ4v) is 1.39. The molecule has 0 bridgehead atoms. The summed E-state index contributed by atoms with van der Waals surface area (Å²) in [7, 11) is 0. The first-order valence-corrected chi connectivity index (χ1v) is 4.76. The van der Waals surface area contributed by atoms with Gasteiger partial charge < -0.3 is 10.2 Å². The number of carbonyl (C=O) groups is 1. The molecule has 4 nitrogen and oxygen atoms in total. The van der Waals surface area contributed by atoms with E-state index < -0.39 is 11.8 Å². The fraction of sp³-hybridized carbons (Fsp3) is 0. The Morgan fingerprint density at radius 1 is 1.24 bits per heavy atom. The van der Waals surface area contributed by atoms with Gasteiger partial charge in [-0.05, 0) is 30.3 Å². The molecule has 0 unspecified atom stereocenters. The van der Waals surface area contributed by atoms with Gasteiger partial charge in [0.1, 0.15) is 11.6 Å². The summed E-state index contributed by atoms with van der Waals surface area (Å²) < 4.78 is 13.0. The average Bonchev–Trinajstić information content (AvgIpc) is 2.32. The molecular formula is C12H8FNO3. The topological polar surface area (TPSA) is 70.4 Å². The minimum Gasteiger partial charge on any atom is -0.507 e. The number of aromatic nitrogens is 1. The molecule has 0 saturated heterocycles. The van der Waals surface area contributed by atoms with E-state index >= 15 is 0 Å². The molecule has 0 atom stereocenters. The Morgan fingerprint density at radius 2 is 2.00 bits per heavy atom. The summed E-state index contributed by atoms with van der Waals surface area (Å²) in [6.45, 7) is 0. The lowest BCUT2D eigenvalue weighted by Gasteiger charge is -2.04. The standard InChI is InChI=1S/C12H8FNO3/c13-8-2-4-11(15)9(5-8)10-3-1-7(6-14-10)12(16)17/h1-6,15H,(H,16,17). The van der Waals surface area contributed by atoms with Crippen LogP contribution in [0.2, 0.25) is 0 Å². The van der Waals surface area contributed by atoms with Crippen molar-refractivity contribution in [3.8, 4) is 17.0 Å². The molecule has 5 heteroatoms. The van der Waals surface area contributed by atoms with Gasteiger partial charge >= 0.3 is 5.97 Å². The van der Waals surface area contributed by atoms with Gasteiger partial charge in [-0.1, -0.05) is 0 Å². The van der Waals surface area contributed by atoms with E-state index in [-0.39, 0.29) is 16.9 Å². The third-order valence-electron chi connectivity index (χ3n) is 2.24. The molecule has 86 valence electrons. The third kappa shape index (κ3) is 2.23. The van der Waals surface area contributed by atoms with Crippen LogP contribution in [0.15, 0.2) is 36.5 Å². The number of phenols is 1. The second-order valence-corrected chi connectivity index (χ2v) is 3.40. The number of hydrogen-bond acceptors (Lipinski definition) is 3. The summed E-state index contributed by atoms with van der Waals surface area (Å²) in [6, 6.07) is 6.24. The summed E-state index contributed by atoms with van der Waals surface area (Å²) in [4.78, 5) is 14.5. The summed E-state index contributed by atoms with van der Waals surface area (Å²) in [5.74, 6) is -1.70. The maximum Gasteiger partial charge on any atom is 0.337 e. The maximum absolute atomic E-state index is 13.0. The van der Waals surface area contributed by atoms with Gasteiger partial charge in [0.05, 0.1) is 11.3 Å². The quantitative estimate of drug-likeness (QED) is 0.834. The van der Waals surface area contributed by atoms with Gasteiger partial charge in [0.15, 0.2) is 0 Å². The molecule has 0 aliphatic heterocycles. The first-order chi connectivity index (χ1) is 8.08. The van der Waals surface area contributed by atoms with Crippen molar-refractivity contribution in [2.24, 2.45) is 0 Å². The zero-order valence-corrected chi connectivity index (χ0v) is 8.59. The molecule has 0 amide bonds. The highest BCUT2D eigenvalue weighted by Crippen LogP contribution is 2.28. The van der Waals surface area contributed by atoms with E-state index in [1.54, 1.807) is 0 Å². The van der Waals surface area contributed by atoms with Crippen molar-refractivity contribution in [3.63, 3.8) is 0 Å². The molecule has 2 rings (SSSR count). The van der Waals surface area contributed by atoms with Crippen molar-refractivity contribution in [2.45, 2.75) is 0 Å². The van der Waals surface area contributed by atoms with Crippen LogP contribution < -0.4 is 0 Å².